The van der Waals surface area contributed by atoms with Gasteiger partial charge in [0.2, 0.25) is 5.72 Å². The van der Waals surface area contributed by atoms with Crippen LogP contribution in [0.15, 0.2) is 35.7 Å². The van der Waals surface area contributed by atoms with Crippen molar-refractivity contribution < 1.29 is 37.3 Å². The summed E-state index contributed by atoms with van der Waals surface area (Å²) in [6, 6.07) is 4.37. The zero-order valence-corrected chi connectivity index (χ0v) is 16.8. The summed E-state index contributed by atoms with van der Waals surface area (Å²) in [6.45, 7) is 2.08. The number of methoxy groups -OCH3 is 1. The number of carbonyl (C=O) groups excluding carboxylic acids is 2. The van der Waals surface area contributed by atoms with Crippen LogP contribution in [-0.4, -0.2) is 42.5 Å². The van der Waals surface area contributed by atoms with E-state index in [0.717, 1.165) is 11.3 Å². The predicted molar refractivity (Wildman–Crippen MR) is 102 cm³/mol. The fourth-order valence-electron chi connectivity index (χ4n) is 3.34. The standard InChI is InChI=1S/C19H19F3N2O5S/c1-3-29-11-7-6-10(9-12(11)28-2)15-14(16(25)13-5-4-8-30-13)18(27,19(20,21)22)24-17(26)23-15/h4-9,14-15,27H,3H2,1-2H3,(H2,23,24,26)/t14-,15+,18+/m1/s1. The third kappa shape index (κ3) is 3.82. The van der Waals surface area contributed by atoms with E-state index in [4.69, 9.17) is 9.47 Å². The molecule has 1 saturated heterocycles. The molecule has 2 aromatic rings. The first-order valence-corrected chi connectivity index (χ1v) is 9.76. The number of ketones is 1. The number of carbonyl (C=O) groups is 2. The Morgan fingerprint density at radius 2 is 2.03 bits per heavy atom. The molecule has 0 aliphatic carbocycles. The van der Waals surface area contributed by atoms with Crippen LogP contribution in [0.1, 0.15) is 28.2 Å². The van der Waals surface area contributed by atoms with Gasteiger partial charge in [0.25, 0.3) is 0 Å². The summed E-state index contributed by atoms with van der Waals surface area (Å²) in [5, 5.41) is 15.9. The highest BCUT2D eigenvalue weighted by Crippen LogP contribution is 2.45. The maximum Gasteiger partial charge on any atom is 0.437 e. The number of hydrogen-bond donors (Lipinski definition) is 3. The van der Waals surface area contributed by atoms with Gasteiger partial charge in [-0.3, -0.25) is 4.79 Å². The van der Waals surface area contributed by atoms with E-state index in [1.807, 2.05) is 0 Å². The molecular formula is C19H19F3N2O5S. The van der Waals surface area contributed by atoms with Crippen LogP contribution < -0.4 is 20.1 Å². The fourth-order valence-corrected chi connectivity index (χ4v) is 4.05. The minimum absolute atomic E-state index is 0.0172. The van der Waals surface area contributed by atoms with E-state index in [1.165, 1.54) is 48.1 Å². The number of aliphatic hydroxyl groups is 1. The van der Waals surface area contributed by atoms with Gasteiger partial charge < -0.3 is 25.2 Å². The molecule has 1 aromatic carbocycles. The summed E-state index contributed by atoms with van der Waals surface area (Å²) in [5.74, 6) is -2.50. The second kappa shape index (κ2) is 8.15. The van der Waals surface area contributed by atoms with E-state index in [2.05, 4.69) is 5.32 Å². The topological polar surface area (TPSA) is 96.9 Å². The first-order valence-electron chi connectivity index (χ1n) is 8.88. The zero-order valence-electron chi connectivity index (χ0n) is 15.9. The molecule has 1 aliphatic rings. The lowest BCUT2D eigenvalue weighted by Crippen LogP contribution is -2.72. The zero-order chi connectivity index (χ0) is 22.1. The van der Waals surface area contributed by atoms with Crippen LogP contribution >= 0.6 is 11.3 Å². The van der Waals surface area contributed by atoms with Gasteiger partial charge in [0.15, 0.2) is 17.3 Å². The molecule has 7 nitrogen and oxygen atoms in total. The van der Waals surface area contributed by atoms with Gasteiger partial charge in [0.05, 0.1) is 24.6 Å². The molecule has 1 aromatic heterocycles. The maximum absolute atomic E-state index is 13.9. The van der Waals surface area contributed by atoms with Crippen LogP contribution in [0.4, 0.5) is 18.0 Å². The van der Waals surface area contributed by atoms with E-state index in [9.17, 15) is 27.9 Å². The number of alkyl halides is 3. The normalized spacial score (nSPS) is 24.0. The van der Waals surface area contributed by atoms with Crippen molar-refractivity contribution in [1.82, 2.24) is 10.6 Å². The SMILES string of the molecule is CCOc1ccc([C@@H]2NC(=O)N[C@@](O)(C(F)(F)F)[C@H]2C(=O)c2cccs2)cc1OC. The van der Waals surface area contributed by atoms with Crippen molar-refractivity contribution in [2.24, 2.45) is 5.92 Å². The Labute approximate surface area is 173 Å². The van der Waals surface area contributed by atoms with Crippen molar-refractivity contribution in [3.63, 3.8) is 0 Å². The first kappa shape index (κ1) is 21.9. The Bertz CT molecular complexity index is 935. The number of thiophene rings is 1. The number of ether oxygens (including phenoxy) is 2. The first-order chi connectivity index (χ1) is 14.1. The minimum Gasteiger partial charge on any atom is -0.493 e. The number of benzene rings is 1. The van der Waals surface area contributed by atoms with Gasteiger partial charge in [0.1, 0.15) is 5.92 Å². The number of urea groups is 1. The van der Waals surface area contributed by atoms with Gasteiger partial charge in [-0.1, -0.05) is 12.1 Å². The van der Waals surface area contributed by atoms with Crippen LogP contribution in [0, 0.1) is 5.92 Å². The molecule has 0 spiro atoms. The number of rotatable bonds is 6. The molecule has 1 aliphatic heterocycles. The number of hydrogen-bond acceptors (Lipinski definition) is 6. The van der Waals surface area contributed by atoms with Gasteiger partial charge in [-0.05, 0) is 36.1 Å². The van der Waals surface area contributed by atoms with Crippen molar-refractivity contribution in [2.45, 2.75) is 24.9 Å². The quantitative estimate of drug-likeness (QED) is 0.595. The highest BCUT2D eigenvalue weighted by molar-refractivity contribution is 7.12. The molecule has 2 amide bonds. The average Bonchev–Trinajstić information content (AvgIpc) is 3.21. The van der Waals surface area contributed by atoms with Gasteiger partial charge in [0, 0.05) is 0 Å². The van der Waals surface area contributed by atoms with Crippen molar-refractivity contribution in [2.75, 3.05) is 13.7 Å². The smallest absolute Gasteiger partial charge is 0.437 e. The number of Topliss-reactive ketones (excluding diaryl/α,β-unsaturated/α-hetero) is 1. The van der Waals surface area contributed by atoms with Crippen molar-refractivity contribution in [3.8, 4) is 11.5 Å². The maximum atomic E-state index is 13.9. The highest BCUT2D eigenvalue weighted by atomic mass is 32.1. The molecule has 3 atom stereocenters. The van der Waals surface area contributed by atoms with Crippen molar-refractivity contribution >= 4 is 23.2 Å². The van der Waals surface area contributed by atoms with Gasteiger partial charge >= 0.3 is 12.2 Å². The molecule has 30 heavy (non-hydrogen) atoms. The van der Waals surface area contributed by atoms with Crippen LogP contribution in [0.5, 0.6) is 11.5 Å². The monoisotopic (exact) mass is 444 g/mol. The molecular weight excluding hydrogens is 425 g/mol. The van der Waals surface area contributed by atoms with Crippen LogP contribution in [0.25, 0.3) is 0 Å². The number of amides is 2. The summed E-state index contributed by atoms with van der Waals surface area (Å²) in [6.07, 6.45) is -5.31. The molecule has 3 N–H and O–H groups in total. The van der Waals surface area contributed by atoms with Crippen LogP contribution in [-0.2, 0) is 0 Å². The van der Waals surface area contributed by atoms with Crippen LogP contribution in [0.2, 0.25) is 0 Å². The van der Waals surface area contributed by atoms with Gasteiger partial charge in [-0.15, -0.1) is 11.3 Å². The second-order valence-corrected chi connectivity index (χ2v) is 7.45. The lowest BCUT2D eigenvalue weighted by Gasteiger charge is -2.44. The van der Waals surface area contributed by atoms with E-state index in [-0.39, 0.29) is 16.2 Å². The summed E-state index contributed by atoms with van der Waals surface area (Å²) in [5.41, 5.74) is -3.63. The Balaban J connectivity index is 2.14. The molecule has 162 valence electrons. The molecule has 0 bridgehead atoms. The third-order valence-corrected chi connectivity index (χ3v) is 5.58. The Hall–Kier alpha value is -2.79. The highest BCUT2D eigenvalue weighted by Gasteiger charge is 2.66. The lowest BCUT2D eigenvalue weighted by molar-refractivity contribution is -0.287. The van der Waals surface area contributed by atoms with E-state index in [0.29, 0.717) is 12.4 Å². The summed E-state index contributed by atoms with van der Waals surface area (Å²) < 4.78 is 52.2. The lowest BCUT2D eigenvalue weighted by atomic mass is 9.78. The Morgan fingerprint density at radius 3 is 2.60 bits per heavy atom. The predicted octanol–water partition coefficient (Wildman–Crippen LogP) is 3.26. The fraction of sp³-hybridized carbons (Fsp3) is 0.368. The van der Waals surface area contributed by atoms with E-state index >= 15 is 0 Å². The van der Waals surface area contributed by atoms with E-state index in [1.54, 1.807) is 6.92 Å². The summed E-state index contributed by atoms with van der Waals surface area (Å²) >= 11 is 0.938. The van der Waals surface area contributed by atoms with Crippen LogP contribution in [0.3, 0.4) is 0 Å². The molecule has 0 saturated carbocycles. The van der Waals surface area contributed by atoms with Gasteiger partial charge in [-0.2, -0.15) is 13.2 Å². The molecule has 3 rings (SSSR count). The Kier molecular flexibility index (Phi) is 5.95. The summed E-state index contributed by atoms with van der Waals surface area (Å²) in [7, 11) is 1.35. The molecule has 2 heterocycles. The minimum atomic E-state index is -5.31. The number of halogens is 3. The molecule has 1 fully saturated rings. The number of nitrogens with one attached hydrogen (secondary N) is 2. The second-order valence-electron chi connectivity index (χ2n) is 6.50. The van der Waals surface area contributed by atoms with E-state index < -0.39 is 35.7 Å². The largest absolute Gasteiger partial charge is 0.493 e. The molecule has 0 unspecified atom stereocenters. The van der Waals surface area contributed by atoms with Crippen molar-refractivity contribution in [1.29, 1.82) is 0 Å². The Morgan fingerprint density at radius 1 is 1.30 bits per heavy atom. The average molecular weight is 444 g/mol. The van der Waals surface area contributed by atoms with Gasteiger partial charge in [-0.25, -0.2) is 4.79 Å². The summed E-state index contributed by atoms with van der Waals surface area (Å²) in [4.78, 5) is 25.1. The van der Waals surface area contributed by atoms with Crippen molar-refractivity contribution in [3.05, 3.63) is 46.2 Å². The molecule has 11 heteroatoms. The third-order valence-electron chi connectivity index (χ3n) is 4.70. The molecule has 0 radical (unpaired) electrons.